The number of rotatable bonds is 14. The number of piperidine rings is 1. The fourth-order valence-corrected chi connectivity index (χ4v) is 6.17. The topological polar surface area (TPSA) is 126 Å². The second-order valence-corrected chi connectivity index (χ2v) is 14.9. The van der Waals surface area contributed by atoms with Gasteiger partial charge in [0.2, 0.25) is 11.8 Å². The Hall–Kier alpha value is -4.86. The summed E-state index contributed by atoms with van der Waals surface area (Å²) in [6.07, 6.45) is 2.30. The van der Waals surface area contributed by atoms with Crippen LogP contribution in [0.1, 0.15) is 77.5 Å². The molecule has 0 aromatic heterocycles. The van der Waals surface area contributed by atoms with Crippen molar-refractivity contribution in [2.75, 3.05) is 19.7 Å². The van der Waals surface area contributed by atoms with Crippen molar-refractivity contribution in [3.63, 3.8) is 0 Å². The molecule has 10 nitrogen and oxygen atoms in total. The quantitative estimate of drug-likeness (QED) is 0.191. The van der Waals surface area contributed by atoms with E-state index in [2.05, 4.69) is 36.7 Å². The van der Waals surface area contributed by atoms with Crippen molar-refractivity contribution in [1.82, 2.24) is 20.9 Å². The molecule has 274 valence electrons. The number of hydrogen-bond donors (Lipinski definition) is 3. The Morgan fingerprint density at radius 1 is 0.804 bits per heavy atom. The number of para-hydroxylation sites is 1. The van der Waals surface area contributed by atoms with Gasteiger partial charge in [0.1, 0.15) is 17.5 Å². The maximum Gasteiger partial charge on any atom is 0.415 e. The SMILES string of the molecule is CC(C)C[C@H](NC(=O)COc1ccccc1C(C)(C)C)C(=O)N[C@@H](C)Cc1ccc(OC(=O)N2CCC(NC(=O)Cc3ccccc3)CC2)cc1. The summed E-state index contributed by atoms with van der Waals surface area (Å²) in [6.45, 7) is 13.0. The third-order valence-electron chi connectivity index (χ3n) is 8.80. The maximum atomic E-state index is 13.3. The molecule has 1 aliphatic rings. The molecule has 0 saturated carbocycles. The minimum atomic E-state index is -0.696. The molecule has 1 saturated heterocycles. The molecule has 0 bridgehead atoms. The van der Waals surface area contributed by atoms with Gasteiger partial charge in [-0.3, -0.25) is 14.4 Å². The molecule has 0 unspecified atom stereocenters. The molecule has 3 aromatic carbocycles. The highest BCUT2D eigenvalue weighted by Crippen LogP contribution is 2.31. The van der Waals surface area contributed by atoms with E-state index in [1.807, 2.05) is 87.5 Å². The van der Waals surface area contributed by atoms with Crippen LogP contribution in [-0.4, -0.2) is 66.5 Å². The Bertz CT molecular complexity index is 1590. The van der Waals surface area contributed by atoms with Crippen LogP contribution in [0.3, 0.4) is 0 Å². The van der Waals surface area contributed by atoms with E-state index in [-0.39, 0.29) is 47.7 Å². The van der Waals surface area contributed by atoms with Crippen molar-refractivity contribution in [2.45, 2.75) is 97.2 Å². The first-order chi connectivity index (χ1) is 24.3. The summed E-state index contributed by atoms with van der Waals surface area (Å²) in [6, 6.07) is 23.7. The summed E-state index contributed by atoms with van der Waals surface area (Å²) in [7, 11) is 0. The maximum absolute atomic E-state index is 13.3. The van der Waals surface area contributed by atoms with E-state index in [4.69, 9.17) is 9.47 Å². The Morgan fingerprint density at radius 2 is 1.45 bits per heavy atom. The lowest BCUT2D eigenvalue weighted by Crippen LogP contribution is -2.51. The number of nitrogens with zero attached hydrogens (tertiary/aromatic N) is 1. The molecule has 10 heteroatoms. The van der Waals surface area contributed by atoms with Crippen LogP contribution < -0.4 is 25.4 Å². The zero-order chi connectivity index (χ0) is 37.0. The smallest absolute Gasteiger partial charge is 0.415 e. The van der Waals surface area contributed by atoms with Gasteiger partial charge in [-0.2, -0.15) is 0 Å². The Labute approximate surface area is 302 Å². The van der Waals surface area contributed by atoms with E-state index in [1.165, 1.54) is 0 Å². The third-order valence-corrected chi connectivity index (χ3v) is 8.80. The first kappa shape index (κ1) is 38.9. The number of hydrogen-bond acceptors (Lipinski definition) is 6. The van der Waals surface area contributed by atoms with Gasteiger partial charge in [0.05, 0.1) is 6.42 Å². The van der Waals surface area contributed by atoms with Crippen molar-refractivity contribution >= 4 is 23.8 Å². The molecule has 1 fully saturated rings. The van der Waals surface area contributed by atoms with Crippen molar-refractivity contribution in [3.8, 4) is 11.5 Å². The Balaban J connectivity index is 1.20. The molecule has 4 amide bonds. The van der Waals surface area contributed by atoms with Crippen LogP contribution >= 0.6 is 0 Å². The normalized spacial score (nSPS) is 14.7. The number of nitrogens with one attached hydrogen (secondary N) is 3. The van der Waals surface area contributed by atoms with Crippen LogP contribution in [0.15, 0.2) is 78.9 Å². The van der Waals surface area contributed by atoms with Crippen molar-refractivity contribution in [2.24, 2.45) is 5.92 Å². The molecular weight excluding hydrogens is 644 g/mol. The summed E-state index contributed by atoms with van der Waals surface area (Å²) >= 11 is 0. The van der Waals surface area contributed by atoms with Crippen LogP contribution in [0.25, 0.3) is 0 Å². The minimum absolute atomic E-state index is 0.0160. The Kier molecular flexibility index (Phi) is 14.0. The number of benzene rings is 3. The number of amides is 4. The highest BCUT2D eigenvalue weighted by Gasteiger charge is 2.26. The molecule has 2 atom stereocenters. The van der Waals surface area contributed by atoms with Crippen molar-refractivity contribution in [3.05, 3.63) is 95.6 Å². The lowest BCUT2D eigenvalue weighted by atomic mass is 9.86. The van der Waals surface area contributed by atoms with E-state index >= 15 is 0 Å². The summed E-state index contributed by atoms with van der Waals surface area (Å²) < 4.78 is 11.5. The van der Waals surface area contributed by atoms with Crippen LogP contribution in [-0.2, 0) is 32.6 Å². The van der Waals surface area contributed by atoms with E-state index in [1.54, 1.807) is 17.0 Å². The predicted octanol–water partition coefficient (Wildman–Crippen LogP) is 5.96. The summed E-state index contributed by atoms with van der Waals surface area (Å²) in [5, 5.41) is 9.00. The molecule has 51 heavy (non-hydrogen) atoms. The Morgan fingerprint density at radius 3 is 2.10 bits per heavy atom. The van der Waals surface area contributed by atoms with Gasteiger partial charge < -0.3 is 30.3 Å². The monoisotopic (exact) mass is 698 g/mol. The average Bonchev–Trinajstić information content (AvgIpc) is 3.08. The molecule has 3 N–H and O–H groups in total. The first-order valence-electron chi connectivity index (χ1n) is 18.0. The van der Waals surface area contributed by atoms with E-state index in [0.717, 1.165) is 16.7 Å². The minimum Gasteiger partial charge on any atom is -0.483 e. The van der Waals surface area contributed by atoms with Gasteiger partial charge in [-0.05, 0) is 78.8 Å². The third kappa shape index (κ3) is 12.8. The lowest BCUT2D eigenvalue weighted by Gasteiger charge is -2.31. The second kappa shape index (κ2) is 18.4. The fourth-order valence-electron chi connectivity index (χ4n) is 6.17. The van der Waals surface area contributed by atoms with Crippen molar-refractivity contribution < 1.29 is 28.7 Å². The summed E-state index contributed by atoms with van der Waals surface area (Å²) in [4.78, 5) is 53.1. The number of carbonyl (C=O) groups excluding carboxylic acids is 4. The molecule has 1 heterocycles. The van der Waals surface area contributed by atoms with Gasteiger partial charge >= 0.3 is 6.09 Å². The zero-order valence-corrected chi connectivity index (χ0v) is 30.9. The van der Waals surface area contributed by atoms with Crippen LogP contribution in [0.5, 0.6) is 11.5 Å². The molecule has 4 rings (SSSR count). The second-order valence-electron chi connectivity index (χ2n) is 14.9. The van der Waals surface area contributed by atoms with Crippen LogP contribution in [0.4, 0.5) is 4.79 Å². The van der Waals surface area contributed by atoms with Crippen molar-refractivity contribution in [1.29, 1.82) is 0 Å². The standard InChI is InChI=1S/C41H54N4O6/c1-28(2)24-35(44-38(47)27-50-36-15-11-10-14-34(36)41(4,5)6)39(48)42-29(3)25-31-16-18-33(19-17-31)51-40(49)45-22-20-32(21-23-45)43-37(46)26-30-12-8-7-9-13-30/h7-19,28-29,32,35H,20-27H2,1-6H3,(H,42,48)(H,43,46)(H,44,47)/t29-,35-/m0/s1. The van der Waals surface area contributed by atoms with E-state index < -0.39 is 12.1 Å². The van der Waals surface area contributed by atoms with Gasteiger partial charge in [0.25, 0.3) is 5.91 Å². The van der Waals surface area contributed by atoms with Gasteiger partial charge in [0.15, 0.2) is 6.61 Å². The fraction of sp³-hybridized carbons (Fsp3) is 0.463. The summed E-state index contributed by atoms with van der Waals surface area (Å²) in [5.74, 6) is 0.660. The number of ether oxygens (including phenoxy) is 2. The summed E-state index contributed by atoms with van der Waals surface area (Å²) in [5.41, 5.74) is 2.80. The van der Waals surface area contributed by atoms with Gasteiger partial charge in [-0.15, -0.1) is 0 Å². The molecule has 0 aliphatic carbocycles. The van der Waals surface area contributed by atoms with Crippen LogP contribution in [0.2, 0.25) is 0 Å². The molecule has 0 spiro atoms. The molecule has 3 aromatic rings. The number of likely N-dealkylation sites (tertiary alicyclic amines) is 1. The highest BCUT2D eigenvalue weighted by atomic mass is 16.6. The van der Waals surface area contributed by atoms with Gasteiger partial charge in [-0.1, -0.05) is 95.3 Å². The van der Waals surface area contributed by atoms with E-state index in [0.29, 0.717) is 56.7 Å². The zero-order valence-electron chi connectivity index (χ0n) is 30.9. The first-order valence-corrected chi connectivity index (χ1v) is 18.0. The van der Waals surface area contributed by atoms with E-state index in [9.17, 15) is 19.2 Å². The predicted molar refractivity (Wildman–Crippen MR) is 199 cm³/mol. The highest BCUT2D eigenvalue weighted by molar-refractivity contribution is 5.88. The lowest BCUT2D eigenvalue weighted by molar-refractivity contribution is -0.130. The molecule has 0 radical (unpaired) electrons. The number of carbonyl (C=O) groups is 4. The molecule has 1 aliphatic heterocycles. The van der Waals surface area contributed by atoms with Gasteiger partial charge in [0, 0.05) is 25.2 Å². The van der Waals surface area contributed by atoms with Gasteiger partial charge in [-0.25, -0.2) is 4.79 Å². The molecular formula is C41H54N4O6. The average molecular weight is 699 g/mol. The largest absolute Gasteiger partial charge is 0.483 e. The van der Waals surface area contributed by atoms with Crippen LogP contribution in [0, 0.1) is 5.92 Å².